The van der Waals surface area contributed by atoms with Crippen LogP contribution in [0.3, 0.4) is 0 Å². The fraction of sp³-hybridized carbons (Fsp3) is 0.500. The summed E-state index contributed by atoms with van der Waals surface area (Å²) in [5.41, 5.74) is 0.531. The third kappa shape index (κ3) is 2.51. The van der Waals surface area contributed by atoms with Crippen molar-refractivity contribution in [2.75, 3.05) is 24.5 Å². The van der Waals surface area contributed by atoms with Gasteiger partial charge in [-0.2, -0.15) is 5.26 Å². The SMILES string of the molecule is CC1(C)CN(Cl)CCN1c1ccc(C#N)cn1. The molecule has 2 rings (SSSR count). The smallest absolute Gasteiger partial charge is 0.129 e. The number of nitrogens with zero attached hydrogens (tertiary/aromatic N) is 4. The van der Waals surface area contributed by atoms with Crippen LogP contribution in [-0.4, -0.2) is 34.6 Å². The van der Waals surface area contributed by atoms with Crippen LogP contribution >= 0.6 is 11.8 Å². The highest BCUT2D eigenvalue weighted by molar-refractivity contribution is 6.13. The van der Waals surface area contributed by atoms with Crippen molar-refractivity contribution in [1.29, 1.82) is 5.26 Å². The molecule has 0 radical (unpaired) electrons. The number of rotatable bonds is 1. The molecule has 1 aliphatic heterocycles. The maximum Gasteiger partial charge on any atom is 0.129 e. The topological polar surface area (TPSA) is 43.2 Å². The van der Waals surface area contributed by atoms with Crippen molar-refractivity contribution < 1.29 is 0 Å². The molecular weight excluding hydrogens is 236 g/mol. The van der Waals surface area contributed by atoms with Crippen molar-refractivity contribution in [3.05, 3.63) is 23.9 Å². The van der Waals surface area contributed by atoms with Gasteiger partial charge in [-0.25, -0.2) is 9.40 Å². The van der Waals surface area contributed by atoms with E-state index >= 15 is 0 Å². The van der Waals surface area contributed by atoms with Crippen LogP contribution in [0, 0.1) is 11.3 Å². The van der Waals surface area contributed by atoms with E-state index in [4.69, 9.17) is 17.0 Å². The van der Waals surface area contributed by atoms with Gasteiger partial charge < -0.3 is 4.90 Å². The Bertz CT molecular complexity index is 435. The summed E-state index contributed by atoms with van der Waals surface area (Å²) in [5, 5.41) is 8.75. The second-order valence-corrected chi connectivity index (χ2v) is 5.30. The lowest BCUT2D eigenvalue weighted by Gasteiger charge is -2.45. The molecule has 1 aromatic rings. The number of aromatic nitrogens is 1. The zero-order valence-electron chi connectivity index (χ0n) is 10.0. The summed E-state index contributed by atoms with van der Waals surface area (Å²) >= 11 is 6.04. The van der Waals surface area contributed by atoms with Crippen LogP contribution in [0.2, 0.25) is 0 Å². The number of piperazine rings is 1. The summed E-state index contributed by atoms with van der Waals surface area (Å²) in [6.45, 7) is 6.72. The second-order valence-electron chi connectivity index (χ2n) is 4.83. The Kier molecular flexibility index (Phi) is 3.23. The first kappa shape index (κ1) is 12.2. The summed E-state index contributed by atoms with van der Waals surface area (Å²) in [6, 6.07) is 5.76. The third-order valence-corrected chi connectivity index (χ3v) is 3.30. The van der Waals surface area contributed by atoms with Gasteiger partial charge in [-0.3, -0.25) is 0 Å². The predicted molar refractivity (Wildman–Crippen MR) is 67.8 cm³/mol. The van der Waals surface area contributed by atoms with E-state index in [-0.39, 0.29) is 5.54 Å². The predicted octanol–water partition coefficient (Wildman–Crippen LogP) is 2.01. The van der Waals surface area contributed by atoms with Crippen LogP contribution in [0.1, 0.15) is 19.4 Å². The van der Waals surface area contributed by atoms with Gasteiger partial charge in [-0.05, 0) is 37.8 Å². The first-order valence-electron chi connectivity index (χ1n) is 5.57. The van der Waals surface area contributed by atoms with Crippen LogP contribution in [0.5, 0.6) is 0 Å². The maximum absolute atomic E-state index is 8.75. The Morgan fingerprint density at radius 2 is 2.18 bits per heavy atom. The molecule has 0 unspecified atom stereocenters. The van der Waals surface area contributed by atoms with Crippen LogP contribution in [0.15, 0.2) is 18.3 Å². The minimum atomic E-state index is -0.0544. The van der Waals surface area contributed by atoms with Gasteiger partial charge in [0.15, 0.2) is 0 Å². The molecule has 1 fully saturated rings. The van der Waals surface area contributed by atoms with Gasteiger partial charge >= 0.3 is 0 Å². The van der Waals surface area contributed by atoms with E-state index in [0.717, 1.165) is 25.5 Å². The fourth-order valence-corrected chi connectivity index (χ4v) is 2.50. The van der Waals surface area contributed by atoms with Gasteiger partial charge in [0, 0.05) is 25.8 Å². The van der Waals surface area contributed by atoms with Crippen LogP contribution < -0.4 is 4.90 Å². The lowest BCUT2D eigenvalue weighted by molar-refractivity contribution is 0.282. The molecule has 17 heavy (non-hydrogen) atoms. The molecule has 1 saturated heterocycles. The summed E-state index contributed by atoms with van der Waals surface area (Å²) in [6.07, 6.45) is 1.61. The standard InChI is InChI=1S/C12H15ClN4/c1-12(2)9-16(13)5-6-17(12)11-4-3-10(7-14)8-15-11/h3-4,8H,5-6,9H2,1-2H3. The van der Waals surface area contributed by atoms with E-state index in [1.807, 2.05) is 6.07 Å². The van der Waals surface area contributed by atoms with Crippen molar-refractivity contribution >= 4 is 17.6 Å². The molecule has 1 aromatic heterocycles. The van der Waals surface area contributed by atoms with E-state index in [2.05, 4.69) is 29.8 Å². The molecule has 2 heterocycles. The van der Waals surface area contributed by atoms with Gasteiger partial charge in [0.25, 0.3) is 0 Å². The zero-order chi connectivity index (χ0) is 12.5. The molecule has 0 aliphatic carbocycles. The summed E-state index contributed by atoms with van der Waals surface area (Å²) < 4.78 is 1.81. The Morgan fingerprint density at radius 3 is 2.71 bits per heavy atom. The fourth-order valence-electron chi connectivity index (χ4n) is 2.13. The Morgan fingerprint density at radius 1 is 1.41 bits per heavy atom. The minimum absolute atomic E-state index is 0.0544. The first-order chi connectivity index (χ1) is 8.03. The highest BCUT2D eigenvalue weighted by atomic mass is 35.5. The van der Waals surface area contributed by atoms with Crippen molar-refractivity contribution in [1.82, 2.24) is 9.40 Å². The number of hydrogen-bond donors (Lipinski definition) is 0. The lowest BCUT2D eigenvalue weighted by Crippen LogP contribution is -2.57. The van der Waals surface area contributed by atoms with Crippen LogP contribution in [-0.2, 0) is 0 Å². The van der Waals surface area contributed by atoms with Crippen molar-refractivity contribution in [3.8, 4) is 6.07 Å². The summed E-state index contributed by atoms with van der Waals surface area (Å²) in [5.74, 6) is 0.902. The lowest BCUT2D eigenvalue weighted by atomic mass is 10.00. The molecule has 90 valence electrons. The molecule has 0 aromatic carbocycles. The van der Waals surface area contributed by atoms with Gasteiger partial charge in [0.05, 0.1) is 11.1 Å². The molecule has 0 bridgehead atoms. The number of anilines is 1. The van der Waals surface area contributed by atoms with E-state index in [1.165, 1.54) is 0 Å². The average molecular weight is 251 g/mol. The van der Waals surface area contributed by atoms with Gasteiger partial charge in [0.1, 0.15) is 11.9 Å². The highest BCUT2D eigenvalue weighted by Gasteiger charge is 2.33. The molecule has 0 amide bonds. The summed E-state index contributed by atoms with van der Waals surface area (Å²) in [4.78, 5) is 6.56. The number of pyridine rings is 1. The Balaban J connectivity index is 2.24. The van der Waals surface area contributed by atoms with Crippen molar-refractivity contribution in [3.63, 3.8) is 0 Å². The summed E-state index contributed by atoms with van der Waals surface area (Å²) in [7, 11) is 0. The average Bonchev–Trinajstić information content (AvgIpc) is 2.28. The molecule has 1 aliphatic rings. The Hall–Kier alpha value is -1.31. The second kappa shape index (κ2) is 4.52. The van der Waals surface area contributed by atoms with Crippen molar-refractivity contribution in [2.45, 2.75) is 19.4 Å². The number of hydrogen-bond acceptors (Lipinski definition) is 4. The zero-order valence-corrected chi connectivity index (χ0v) is 10.8. The maximum atomic E-state index is 8.75. The molecule has 5 heteroatoms. The first-order valence-corrected chi connectivity index (χ1v) is 5.91. The molecule has 4 nitrogen and oxygen atoms in total. The minimum Gasteiger partial charge on any atom is -0.349 e. The van der Waals surface area contributed by atoms with Gasteiger partial charge in [-0.1, -0.05) is 0 Å². The molecule has 0 N–H and O–H groups in total. The van der Waals surface area contributed by atoms with Crippen LogP contribution in [0.25, 0.3) is 0 Å². The van der Waals surface area contributed by atoms with Gasteiger partial charge in [-0.15, -0.1) is 0 Å². The molecular formula is C12H15ClN4. The normalized spacial score (nSPS) is 20.0. The van der Waals surface area contributed by atoms with E-state index < -0.39 is 0 Å². The number of nitriles is 1. The van der Waals surface area contributed by atoms with Crippen LogP contribution in [0.4, 0.5) is 5.82 Å². The van der Waals surface area contributed by atoms with E-state index in [9.17, 15) is 0 Å². The van der Waals surface area contributed by atoms with Gasteiger partial charge in [0.2, 0.25) is 0 Å². The largest absolute Gasteiger partial charge is 0.349 e. The third-order valence-electron chi connectivity index (χ3n) is 3.01. The molecule has 0 saturated carbocycles. The van der Waals surface area contributed by atoms with E-state index in [1.54, 1.807) is 16.7 Å². The molecule has 0 spiro atoms. The number of halogens is 1. The van der Waals surface area contributed by atoms with Crippen molar-refractivity contribution in [2.24, 2.45) is 0 Å². The van der Waals surface area contributed by atoms with E-state index in [0.29, 0.717) is 5.56 Å². The highest BCUT2D eigenvalue weighted by Crippen LogP contribution is 2.27. The Labute approximate surface area is 107 Å². The monoisotopic (exact) mass is 250 g/mol. The molecule has 0 atom stereocenters. The quantitative estimate of drug-likeness (QED) is 0.715.